The molecule has 3 N–H and O–H groups in total. The molecule has 0 unspecified atom stereocenters. The molecular formula is C22H29N3O6. The predicted molar refractivity (Wildman–Crippen MR) is 117 cm³/mol. The molecule has 0 aromatic heterocycles. The van der Waals surface area contributed by atoms with E-state index in [2.05, 4.69) is 10.6 Å². The molecule has 0 aliphatic heterocycles. The second kappa shape index (κ2) is 10.5. The molecule has 31 heavy (non-hydrogen) atoms. The number of benzene rings is 2. The number of amides is 2. The van der Waals surface area contributed by atoms with Crippen LogP contribution in [-0.2, 0) is 0 Å². The number of nitrogens with zero attached hydrogens (tertiary/aromatic N) is 1. The van der Waals surface area contributed by atoms with Crippen molar-refractivity contribution in [3.05, 3.63) is 35.4 Å². The minimum atomic E-state index is -0.446. The van der Waals surface area contributed by atoms with Crippen LogP contribution in [0.2, 0.25) is 0 Å². The Labute approximate surface area is 181 Å². The third kappa shape index (κ3) is 5.00. The number of aromatic hydroxyl groups is 1. The molecule has 0 fully saturated rings. The summed E-state index contributed by atoms with van der Waals surface area (Å²) in [5.74, 6) is -0.421. The van der Waals surface area contributed by atoms with Gasteiger partial charge in [-0.25, -0.2) is 0 Å². The van der Waals surface area contributed by atoms with Crippen LogP contribution in [0.1, 0.15) is 20.7 Å². The van der Waals surface area contributed by atoms with E-state index in [1.54, 1.807) is 12.1 Å². The zero-order chi connectivity index (χ0) is 23.1. The van der Waals surface area contributed by atoms with Gasteiger partial charge in [0, 0.05) is 31.8 Å². The summed E-state index contributed by atoms with van der Waals surface area (Å²) in [4.78, 5) is 27.3. The standard InChI is InChI=1S/C22H29N3O6/c1-23-21(27)13-7-9-15(29-5)19(26)17(13)18-14(22(28)24-2)8-10-16(30-6)20(18)31-12-11-25(3)4/h7-10,26H,11-12H2,1-6H3,(H,23,27)(H,24,28). The van der Waals surface area contributed by atoms with Gasteiger partial charge in [0.15, 0.2) is 23.0 Å². The van der Waals surface area contributed by atoms with Gasteiger partial charge in [0.1, 0.15) is 6.61 Å². The zero-order valence-electron chi connectivity index (χ0n) is 18.7. The molecule has 0 bridgehead atoms. The Kier molecular flexibility index (Phi) is 8.09. The van der Waals surface area contributed by atoms with Crippen LogP contribution in [-0.4, -0.2) is 77.4 Å². The lowest BCUT2D eigenvalue weighted by Gasteiger charge is -2.22. The van der Waals surface area contributed by atoms with Crippen molar-refractivity contribution in [2.75, 3.05) is 55.6 Å². The number of hydrogen-bond acceptors (Lipinski definition) is 7. The summed E-state index contributed by atoms with van der Waals surface area (Å²) in [6, 6.07) is 6.16. The van der Waals surface area contributed by atoms with Gasteiger partial charge < -0.3 is 34.9 Å². The molecule has 9 nitrogen and oxygen atoms in total. The number of rotatable bonds is 9. The van der Waals surface area contributed by atoms with E-state index in [1.807, 2.05) is 19.0 Å². The Morgan fingerprint density at radius 3 is 1.90 bits per heavy atom. The number of ether oxygens (including phenoxy) is 3. The minimum Gasteiger partial charge on any atom is -0.504 e. The largest absolute Gasteiger partial charge is 0.504 e. The minimum absolute atomic E-state index is 0.107. The van der Waals surface area contributed by atoms with E-state index in [-0.39, 0.29) is 46.1 Å². The van der Waals surface area contributed by atoms with Gasteiger partial charge in [-0.15, -0.1) is 0 Å². The first kappa shape index (κ1) is 23.8. The molecule has 0 heterocycles. The van der Waals surface area contributed by atoms with E-state index in [4.69, 9.17) is 14.2 Å². The monoisotopic (exact) mass is 431 g/mol. The summed E-state index contributed by atoms with van der Waals surface area (Å²) in [5, 5.41) is 16.1. The third-order valence-corrected chi connectivity index (χ3v) is 4.68. The first-order chi connectivity index (χ1) is 14.8. The summed E-state index contributed by atoms with van der Waals surface area (Å²) in [7, 11) is 9.65. The lowest BCUT2D eigenvalue weighted by atomic mass is 9.91. The van der Waals surface area contributed by atoms with E-state index in [0.717, 1.165) is 0 Å². The zero-order valence-corrected chi connectivity index (χ0v) is 18.7. The molecule has 2 aromatic carbocycles. The predicted octanol–water partition coefficient (Wildman–Crippen LogP) is 1.74. The SMILES string of the molecule is CNC(=O)c1ccc(OC)c(O)c1-c1c(C(=O)NC)ccc(OC)c1OCCN(C)C. The van der Waals surface area contributed by atoms with Gasteiger partial charge in [0.25, 0.3) is 11.8 Å². The number of methoxy groups -OCH3 is 2. The topological polar surface area (TPSA) is 109 Å². The Bertz CT molecular complexity index is 959. The van der Waals surface area contributed by atoms with Gasteiger partial charge in [0.05, 0.1) is 25.3 Å². The second-order valence-corrected chi connectivity index (χ2v) is 6.87. The van der Waals surface area contributed by atoms with E-state index >= 15 is 0 Å². The van der Waals surface area contributed by atoms with Crippen LogP contribution < -0.4 is 24.8 Å². The highest BCUT2D eigenvalue weighted by Crippen LogP contribution is 2.48. The number of nitrogens with one attached hydrogen (secondary N) is 2. The average molecular weight is 431 g/mol. The molecule has 0 atom stereocenters. The second-order valence-electron chi connectivity index (χ2n) is 6.87. The van der Waals surface area contributed by atoms with Crippen molar-refractivity contribution in [2.24, 2.45) is 0 Å². The van der Waals surface area contributed by atoms with Crippen molar-refractivity contribution in [1.29, 1.82) is 0 Å². The summed E-state index contributed by atoms with van der Waals surface area (Å²) >= 11 is 0. The molecule has 0 saturated heterocycles. The first-order valence-corrected chi connectivity index (χ1v) is 9.63. The fourth-order valence-electron chi connectivity index (χ4n) is 3.08. The maximum absolute atomic E-state index is 12.7. The third-order valence-electron chi connectivity index (χ3n) is 4.68. The average Bonchev–Trinajstić information content (AvgIpc) is 2.77. The summed E-state index contributed by atoms with van der Waals surface area (Å²) in [6.07, 6.45) is 0. The van der Waals surface area contributed by atoms with Crippen LogP contribution in [0.3, 0.4) is 0 Å². The number of likely N-dealkylation sites (N-methyl/N-ethyl adjacent to an activating group) is 1. The van der Waals surface area contributed by atoms with Crippen LogP contribution in [0.4, 0.5) is 0 Å². The van der Waals surface area contributed by atoms with Gasteiger partial charge in [-0.3, -0.25) is 9.59 Å². The fraction of sp³-hybridized carbons (Fsp3) is 0.364. The molecule has 168 valence electrons. The number of carbonyl (C=O) groups excluding carboxylic acids is 2. The Morgan fingerprint density at radius 2 is 1.42 bits per heavy atom. The highest BCUT2D eigenvalue weighted by Gasteiger charge is 2.28. The van der Waals surface area contributed by atoms with E-state index in [0.29, 0.717) is 12.3 Å². The van der Waals surface area contributed by atoms with Gasteiger partial charge in [-0.05, 0) is 38.4 Å². The fourth-order valence-corrected chi connectivity index (χ4v) is 3.08. The lowest BCUT2D eigenvalue weighted by Crippen LogP contribution is -2.23. The molecule has 0 spiro atoms. The molecule has 2 rings (SSSR count). The highest BCUT2D eigenvalue weighted by atomic mass is 16.5. The van der Waals surface area contributed by atoms with E-state index < -0.39 is 11.8 Å². The normalized spacial score (nSPS) is 10.5. The van der Waals surface area contributed by atoms with Crippen LogP contribution in [0.5, 0.6) is 23.0 Å². The van der Waals surface area contributed by atoms with Gasteiger partial charge in [-0.2, -0.15) is 0 Å². The molecule has 0 radical (unpaired) electrons. The maximum Gasteiger partial charge on any atom is 0.251 e. The first-order valence-electron chi connectivity index (χ1n) is 9.63. The molecular weight excluding hydrogens is 402 g/mol. The Hall–Kier alpha value is -3.46. The number of phenolic OH excluding ortho intramolecular Hbond substituents is 1. The highest BCUT2D eigenvalue weighted by molar-refractivity contribution is 6.09. The lowest BCUT2D eigenvalue weighted by molar-refractivity contribution is 0.0953. The van der Waals surface area contributed by atoms with Crippen LogP contribution in [0, 0.1) is 0 Å². The van der Waals surface area contributed by atoms with Crippen LogP contribution in [0.25, 0.3) is 11.1 Å². The van der Waals surface area contributed by atoms with Crippen molar-refractivity contribution in [2.45, 2.75) is 0 Å². The summed E-state index contributed by atoms with van der Waals surface area (Å²) < 4.78 is 16.7. The van der Waals surface area contributed by atoms with E-state index in [1.165, 1.54) is 40.4 Å². The molecule has 0 aliphatic carbocycles. The van der Waals surface area contributed by atoms with Crippen molar-refractivity contribution < 1.29 is 28.9 Å². The smallest absolute Gasteiger partial charge is 0.251 e. The van der Waals surface area contributed by atoms with E-state index in [9.17, 15) is 14.7 Å². The molecule has 0 aliphatic rings. The van der Waals surface area contributed by atoms with Gasteiger partial charge in [-0.1, -0.05) is 0 Å². The van der Waals surface area contributed by atoms with Crippen molar-refractivity contribution >= 4 is 11.8 Å². The molecule has 2 aromatic rings. The van der Waals surface area contributed by atoms with Crippen LogP contribution in [0.15, 0.2) is 24.3 Å². The summed E-state index contributed by atoms with van der Waals surface area (Å²) in [6.45, 7) is 0.882. The maximum atomic E-state index is 12.7. The van der Waals surface area contributed by atoms with Crippen molar-refractivity contribution in [3.8, 4) is 34.1 Å². The van der Waals surface area contributed by atoms with Crippen molar-refractivity contribution in [3.63, 3.8) is 0 Å². The van der Waals surface area contributed by atoms with Gasteiger partial charge in [0.2, 0.25) is 0 Å². The Balaban J connectivity index is 2.93. The molecule has 9 heteroatoms. The Morgan fingerprint density at radius 1 is 0.903 bits per heavy atom. The molecule has 2 amide bonds. The van der Waals surface area contributed by atoms with Gasteiger partial charge >= 0.3 is 0 Å². The summed E-state index contributed by atoms with van der Waals surface area (Å²) in [5.41, 5.74) is 0.692. The van der Waals surface area contributed by atoms with Crippen molar-refractivity contribution in [1.82, 2.24) is 15.5 Å². The quantitative estimate of drug-likeness (QED) is 0.555. The number of phenols is 1. The number of hydrogen-bond donors (Lipinski definition) is 3. The number of carbonyl (C=O) groups is 2. The molecule has 0 saturated carbocycles. The van der Waals surface area contributed by atoms with Crippen LogP contribution >= 0.6 is 0 Å².